The summed E-state index contributed by atoms with van der Waals surface area (Å²) in [4.78, 5) is 25.5. The van der Waals surface area contributed by atoms with Crippen LogP contribution in [0.4, 0.5) is 0 Å². The largest absolute Gasteiger partial charge is 0.382 e. The lowest BCUT2D eigenvalue weighted by Crippen LogP contribution is -2.48. The Bertz CT molecular complexity index is 772. The lowest BCUT2D eigenvalue weighted by molar-refractivity contribution is -0.129. The van der Waals surface area contributed by atoms with Crippen LogP contribution in [0.5, 0.6) is 0 Å². The van der Waals surface area contributed by atoms with Gasteiger partial charge in [-0.3, -0.25) is 9.59 Å². The molecular weight excluding hydrogens is 516 g/mol. The van der Waals surface area contributed by atoms with E-state index in [2.05, 4.69) is 29.7 Å². The molecule has 1 rings (SSSR count). The summed E-state index contributed by atoms with van der Waals surface area (Å²) in [6, 6.07) is 9.18. The molecule has 2 N–H and O–H groups in total. The van der Waals surface area contributed by atoms with Crippen molar-refractivity contribution < 1.29 is 23.8 Å². The number of hydrogen-bond acceptors (Lipinski definition) is 5. The van der Waals surface area contributed by atoms with E-state index < -0.39 is 6.04 Å². The molecule has 0 saturated heterocycles. The zero-order valence-corrected chi connectivity index (χ0v) is 26.0. The number of amides is 2. The monoisotopic (exact) mass is 574 g/mol. The molecule has 0 aliphatic carbocycles. The summed E-state index contributed by atoms with van der Waals surface area (Å²) in [5.41, 5.74) is 1.01. The van der Waals surface area contributed by atoms with E-state index >= 15 is 0 Å². The van der Waals surface area contributed by atoms with Gasteiger partial charge in [0.05, 0.1) is 33.0 Å². The normalized spacial score (nSPS) is 12.0. The Kier molecular flexibility index (Phi) is 25.1. The lowest BCUT2D eigenvalue weighted by Gasteiger charge is -2.19. The van der Waals surface area contributed by atoms with Crippen LogP contribution in [0.25, 0.3) is 0 Å². The van der Waals surface area contributed by atoms with Crippen molar-refractivity contribution >= 4 is 11.8 Å². The summed E-state index contributed by atoms with van der Waals surface area (Å²) in [6.45, 7) is 5.07. The molecule has 0 aliphatic rings. The van der Waals surface area contributed by atoms with E-state index in [9.17, 15) is 9.59 Å². The SMILES string of the molecule is CCCCCC/C=C\CCCCCCCCCC(=O)NC(Cc1ccccc1)C(=O)NCCOCCOCCOC. The number of hydrogen-bond donors (Lipinski definition) is 2. The van der Waals surface area contributed by atoms with Crippen LogP contribution in [0, 0.1) is 0 Å². The second-order valence-corrected chi connectivity index (χ2v) is 10.7. The molecule has 2 amide bonds. The van der Waals surface area contributed by atoms with Gasteiger partial charge in [-0.15, -0.1) is 0 Å². The second kappa shape index (κ2) is 27.9. The molecule has 41 heavy (non-hydrogen) atoms. The van der Waals surface area contributed by atoms with Gasteiger partial charge in [0.2, 0.25) is 11.8 Å². The first-order chi connectivity index (χ1) is 20.2. The minimum atomic E-state index is -0.604. The Morgan fingerprint density at radius 3 is 2.00 bits per heavy atom. The summed E-state index contributed by atoms with van der Waals surface area (Å²) >= 11 is 0. The van der Waals surface area contributed by atoms with E-state index in [1.807, 2.05) is 30.3 Å². The Balaban J connectivity index is 2.19. The van der Waals surface area contributed by atoms with Gasteiger partial charge in [-0.05, 0) is 37.7 Å². The molecule has 7 nitrogen and oxygen atoms in total. The van der Waals surface area contributed by atoms with Crippen LogP contribution in [0.1, 0.15) is 102 Å². The van der Waals surface area contributed by atoms with Gasteiger partial charge in [-0.1, -0.05) is 101 Å². The maximum absolute atomic E-state index is 12.9. The van der Waals surface area contributed by atoms with Crippen LogP contribution in [0.15, 0.2) is 42.5 Å². The van der Waals surface area contributed by atoms with E-state index in [0.29, 0.717) is 52.4 Å². The Morgan fingerprint density at radius 1 is 0.756 bits per heavy atom. The van der Waals surface area contributed by atoms with Crippen LogP contribution in [0.2, 0.25) is 0 Å². The van der Waals surface area contributed by atoms with Gasteiger partial charge >= 0.3 is 0 Å². The zero-order valence-electron chi connectivity index (χ0n) is 26.0. The lowest BCUT2D eigenvalue weighted by atomic mass is 10.0. The Morgan fingerprint density at radius 2 is 1.34 bits per heavy atom. The van der Waals surface area contributed by atoms with E-state index in [4.69, 9.17) is 14.2 Å². The van der Waals surface area contributed by atoms with E-state index in [1.165, 1.54) is 64.2 Å². The molecule has 0 fully saturated rings. The fraction of sp³-hybridized carbons (Fsp3) is 0.706. The highest BCUT2D eigenvalue weighted by atomic mass is 16.5. The highest BCUT2D eigenvalue weighted by Gasteiger charge is 2.20. The molecule has 0 aliphatic heterocycles. The minimum Gasteiger partial charge on any atom is -0.382 e. The molecule has 1 aromatic rings. The molecule has 0 radical (unpaired) electrons. The van der Waals surface area contributed by atoms with Crippen LogP contribution in [-0.4, -0.2) is 64.5 Å². The van der Waals surface area contributed by atoms with Crippen molar-refractivity contribution in [3.05, 3.63) is 48.0 Å². The molecule has 234 valence electrons. The molecular formula is C34H58N2O5. The van der Waals surface area contributed by atoms with E-state index in [1.54, 1.807) is 7.11 Å². The Hall–Kier alpha value is -2.22. The predicted octanol–water partition coefficient (Wildman–Crippen LogP) is 6.55. The van der Waals surface area contributed by atoms with Gasteiger partial charge < -0.3 is 24.8 Å². The minimum absolute atomic E-state index is 0.0629. The predicted molar refractivity (Wildman–Crippen MR) is 168 cm³/mol. The van der Waals surface area contributed by atoms with Gasteiger partial charge in [-0.2, -0.15) is 0 Å². The fourth-order valence-corrected chi connectivity index (χ4v) is 4.52. The number of carbonyl (C=O) groups excluding carboxylic acids is 2. The van der Waals surface area contributed by atoms with Gasteiger partial charge in [0.15, 0.2) is 0 Å². The van der Waals surface area contributed by atoms with Crippen LogP contribution in [-0.2, 0) is 30.2 Å². The highest BCUT2D eigenvalue weighted by Crippen LogP contribution is 2.11. The molecule has 0 saturated carbocycles. The summed E-state index contributed by atoms with van der Waals surface area (Å²) in [5, 5.41) is 5.86. The van der Waals surface area contributed by atoms with Gasteiger partial charge in [0.25, 0.3) is 0 Å². The third-order valence-electron chi connectivity index (χ3n) is 6.95. The van der Waals surface area contributed by atoms with Crippen LogP contribution < -0.4 is 10.6 Å². The van der Waals surface area contributed by atoms with Crippen molar-refractivity contribution in [2.75, 3.05) is 46.7 Å². The summed E-state index contributed by atoms with van der Waals surface area (Å²) in [5.74, 6) is -0.250. The van der Waals surface area contributed by atoms with Crippen molar-refractivity contribution in [2.24, 2.45) is 0 Å². The zero-order chi connectivity index (χ0) is 29.6. The number of ether oxygens (including phenoxy) is 3. The quantitative estimate of drug-likeness (QED) is 0.0876. The first kappa shape index (κ1) is 36.8. The van der Waals surface area contributed by atoms with Crippen LogP contribution >= 0.6 is 0 Å². The average molecular weight is 575 g/mol. The number of nitrogens with one attached hydrogen (secondary N) is 2. The molecule has 7 heteroatoms. The number of rotatable bonds is 28. The van der Waals surface area contributed by atoms with Gasteiger partial charge in [-0.25, -0.2) is 0 Å². The standard InChI is InChI=1S/C34H58N2O5/c1-3-4-5-6-7-8-9-10-11-12-13-14-15-16-20-23-33(37)36-32(30-31-21-18-17-19-22-31)34(38)35-24-25-40-28-29-41-27-26-39-2/h8-9,17-19,21-22,32H,3-7,10-16,20,23-30H2,1-2H3,(H,35,38)(H,36,37)/b9-8-. The third-order valence-corrected chi connectivity index (χ3v) is 6.95. The third kappa shape index (κ3) is 23.1. The molecule has 1 unspecified atom stereocenters. The number of benzene rings is 1. The summed E-state index contributed by atoms with van der Waals surface area (Å²) in [6.07, 6.45) is 21.5. The number of carbonyl (C=O) groups is 2. The van der Waals surface area contributed by atoms with E-state index in [-0.39, 0.29) is 11.8 Å². The maximum Gasteiger partial charge on any atom is 0.243 e. The molecule has 0 aromatic heterocycles. The van der Waals surface area contributed by atoms with Gasteiger partial charge in [0.1, 0.15) is 6.04 Å². The molecule has 1 atom stereocenters. The van der Waals surface area contributed by atoms with Crippen molar-refractivity contribution in [3.8, 4) is 0 Å². The Labute approximate surface area is 250 Å². The maximum atomic E-state index is 12.9. The summed E-state index contributed by atoms with van der Waals surface area (Å²) in [7, 11) is 1.63. The van der Waals surface area contributed by atoms with Crippen molar-refractivity contribution in [1.82, 2.24) is 10.6 Å². The topological polar surface area (TPSA) is 85.9 Å². The second-order valence-electron chi connectivity index (χ2n) is 10.7. The summed E-state index contributed by atoms with van der Waals surface area (Å²) < 4.78 is 15.8. The van der Waals surface area contributed by atoms with Crippen molar-refractivity contribution in [1.29, 1.82) is 0 Å². The highest BCUT2D eigenvalue weighted by molar-refractivity contribution is 5.87. The van der Waals surface area contributed by atoms with Crippen molar-refractivity contribution in [3.63, 3.8) is 0 Å². The molecule has 0 heterocycles. The smallest absolute Gasteiger partial charge is 0.243 e. The number of allylic oxidation sites excluding steroid dienone is 2. The number of unbranched alkanes of at least 4 members (excludes halogenated alkanes) is 11. The average Bonchev–Trinajstić information content (AvgIpc) is 2.98. The molecule has 0 spiro atoms. The molecule has 0 bridgehead atoms. The van der Waals surface area contributed by atoms with Gasteiger partial charge in [0, 0.05) is 26.5 Å². The number of methoxy groups -OCH3 is 1. The molecule has 1 aromatic carbocycles. The van der Waals surface area contributed by atoms with Crippen LogP contribution in [0.3, 0.4) is 0 Å². The fourth-order valence-electron chi connectivity index (χ4n) is 4.52. The first-order valence-electron chi connectivity index (χ1n) is 16.1. The van der Waals surface area contributed by atoms with Crippen molar-refractivity contribution in [2.45, 2.75) is 109 Å². The first-order valence-corrected chi connectivity index (χ1v) is 16.1. The van der Waals surface area contributed by atoms with E-state index in [0.717, 1.165) is 24.8 Å².